The zero-order valence-electron chi connectivity index (χ0n) is 11.2. The maximum atomic E-state index is 6.38. The first kappa shape index (κ1) is 13.4. The first-order chi connectivity index (χ1) is 8.27. The number of rotatable bonds is 4. The third-order valence-electron chi connectivity index (χ3n) is 5.05. The average Bonchev–Trinajstić information content (AvgIpc) is 2.40. The fourth-order valence-electron chi connectivity index (χ4n) is 3.82. The van der Waals surface area contributed by atoms with Gasteiger partial charge in [0.25, 0.3) is 0 Å². The van der Waals surface area contributed by atoms with Gasteiger partial charge in [-0.2, -0.15) is 0 Å². The van der Waals surface area contributed by atoms with Gasteiger partial charge in [0.05, 0.1) is 0 Å². The number of nitrogens with two attached hydrogens (primary N) is 2. The van der Waals surface area contributed by atoms with E-state index in [1.807, 2.05) is 0 Å². The van der Waals surface area contributed by atoms with Crippen LogP contribution in [0.15, 0.2) is 0 Å². The van der Waals surface area contributed by atoms with E-state index in [2.05, 4.69) is 0 Å². The molecule has 2 aliphatic carbocycles. The van der Waals surface area contributed by atoms with Gasteiger partial charge in [0.1, 0.15) is 0 Å². The van der Waals surface area contributed by atoms with Crippen LogP contribution in [-0.4, -0.2) is 12.1 Å². The highest BCUT2D eigenvalue weighted by molar-refractivity contribution is 4.84. The molecular formula is C15H30N2. The standard InChI is InChI=1S/C15H30N2/c16-14(12-7-3-1-4-8-12)11-15(17)13-9-5-2-6-10-13/h12-15H,1-11,16-17H2/t14-,15-/m1/s1. The highest BCUT2D eigenvalue weighted by atomic mass is 14.7. The van der Waals surface area contributed by atoms with Gasteiger partial charge in [-0.3, -0.25) is 0 Å². The first-order valence-electron chi connectivity index (χ1n) is 7.78. The Morgan fingerprint density at radius 3 is 1.35 bits per heavy atom. The zero-order chi connectivity index (χ0) is 12.1. The zero-order valence-corrected chi connectivity index (χ0v) is 11.2. The van der Waals surface area contributed by atoms with E-state index in [9.17, 15) is 0 Å². The van der Waals surface area contributed by atoms with Crippen LogP contribution >= 0.6 is 0 Å². The van der Waals surface area contributed by atoms with Gasteiger partial charge in [-0.1, -0.05) is 38.5 Å². The lowest BCUT2D eigenvalue weighted by molar-refractivity contribution is 0.240. The van der Waals surface area contributed by atoms with Gasteiger partial charge in [0.15, 0.2) is 0 Å². The van der Waals surface area contributed by atoms with Gasteiger partial charge < -0.3 is 11.5 Å². The Morgan fingerprint density at radius 2 is 1.00 bits per heavy atom. The second kappa shape index (κ2) is 6.75. The Balaban J connectivity index is 1.74. The molecule has 0 spiro atoms. The van der Waals surface area contributed by atoms with Crippen molar-refractivity contribution in [2.45, 2.75) is 82.7 Å². The number of hydrogen-bond donors (Lipinski definition) is 2. The molecule has 2 atom stereocenters. The largest absolute Gasteiger partial charge is 0.327 e. The van der Waals surface area contributed by atoms with E-state index in [0.717, 1.165) is 18.3 Å². The lowest BCUT2D eigenvalue weighted by Gasteiger charge is -2.33. The minimum absolute atomic E-state index is 0.368. The van der Waals surface area contributed by atoms with Crippen LogP contribution in [-0.2, 0) is 0 Å². The molecule has 0 radical (unpaired) electrons. The molecule has 0 aromatic rings. The van der Waals surface area contributed by atoms with Crippen LogP contribution < -0.4 is 11.5 Å². The van der Waals surface area contributed by atoms with Crippen LogP contribution in [0.5, 0.6) is 0 Å². The Hall–Kier alpha value is -0.0800. The van der Waals surface area contributed by atoms with Crippen LogP contribution in [0.25, 0.3) is 0 Å². The topological polar surface area (TPSA) is 52.0 Å². The molecule has 4 N–H and O–H groups in total. The quantitative estimate of drug-likeness (QED) is 0.790. The van der Waals surface area contributed by atoms with E-state index in [0.29, 0.717) is 12.1 Å². The van der Waals surface area contributed by atoms with Gasteiger partial charge >= 0.3 is 0 Å². The minimum atomic E-state index is 0.368. The Morgan fingerprint density at radius 1 is 0.647 bits per heavy atom. The predicted octanol–water partition coefficient (Wildman–Crippen LogP) is 3.19. The van der Waals surface area contributed by atoms with E-state index in [-0.39, 0.29) is 0 Å². The van der Waals surface area contributed by atoms with Gasteiger partial charge in [-0.25, -0.2) is 0 Å². The predicted molar refractivity (Wildman–Crippen MR) is 73.7 cm³/mol. The van der Waals surface area contributed by atoms with Gasteiger partial charge in [0.2, 0.25) is 0 Å². The summed E-state index contributed by atoms with van der Waals surface area (Å²) in [6.07, 6.45) is 14.8. The number of hydrogen-bond acceptors (Lipinski definition) is 2. The normalized spacial score (nSPS) is 27.9. The Labute approximate surface area is 107 Å². The molecule has 2 saturated carbocycles. The van der Waals surface area contributed by atoms with E-state index in [1.165, 1.54) is 64.2 Å². The maximum Gasteiger partial charge on any atom is 0.00819 e. The summed E-state index contributed by atoms with van der Waals surface area (Å²) in [5.41, 5.74) is 12.8. The molecule has 2 heteroatoms. The maximum absolute atomic E-state index is 6.38. The second-order valence-corrected chi connectivity index (χ2v) is 6.36. The molecule has 0 saturated heterocycles. The molecule has 2 aliphatic rings. The average molecular weight is 238 g/mol. The summed E-state index contributed by atoms with van der Waals surface area (Å²) >= 11 is 0. The summed E-state index contributed by atoms with van der Waals surface area (Å²) in [5.74, 6) is 1.52. The molecular weight excluding hydrogens is 208 g/mol. The molecule has 0 aromatic heterocycles. The Kier molecular flexibility index (Phi) is 5.30. The summed E-state index contributed by atoms with van der Waals surface area (Å²) in [5, 5.41) is 0. The monoisotopic (exact) mass is 238 g/mol. The van der Waals surface area contributed by atoms with Crippen molar-refractivity contribution in [1.29, 1.82) is 0 Å². The molecule has 100 valence electrons. The highest BCUT2D eigenvalue weighted by Gasteiger charge is 2.26. The summed E-state index contributed by atoms with van der Waals surface area (Å²) in [6.45, 7) is 0. The van der Waals surface area contributed by atoms with Gasteiger partial charge in [0, 0.05) is 12.1 Å². The molecule has 2 rings (SSSR count). The van der Waals surface area contributed by atoms with Crippen molar-refractivity contribution in [3.63, 3.8) is 0 Å². The fourth-order valence-corrected chi connectivity index (χ4v) is 3.82. The van der Waals surface area contributed by atoms with Gasteiger partial charge in [-0.15, -0.1) is 0 Å². The third kappa shape index (κ3) is 3.96. The van der Waals surface area contributed by atoms with Crippen molar-refractivity contribution in [1.82, 2.24) is 0 Å². The highest BCUT2D eigenvalue weighted by Crippen LogP contribution is 2.31. The van der Waals surface area contributed by atoms with Crippen molar-refractivity contribution >= 4 is 0 Å². The van der Waals surface area contributed by atoms with Crippen LogP contribution in [0, 0.1) is 11.8 Å². The molecule has 0 bridgehead atoms. The lowest BCUT2D eigenvalue weighted by atomic mass is 9.77. The molecule has 17 heavy (non-hydrogen) atoms. The molecule has 0 aromatic carbocycles. The Bertz CT molecular complexity index is 183. The molecule has 0 unspecified atom stereocenters. The van der Waals surface area contributed by atoms with Crippen molar-refractivity contribution in [2.24, 2.45) is 23.3 Å². The van der Waals surface area contributed by atoms with Crippen molar-refractivity contribution < 1.29 is 0 Å². The summed E-state index contributed by atoms with van der Waals surface area (Å²) < 4.78 is 0. The fraction of sp³-hybridized carbons (Fsp3) is 1.00. The molecule has 0 aliphatic heterocycles. The second-order valence-electron chi connectivity index (χ2n) is 6.36. The van der Waals surface area contributed by atoms with Gasteiger partial charge in [-0.05, 0) is 43.9 Å². The smallest absolute Gasteiger partial charge is 0.00819 e. The summed E-state index contributed by atoms with van der Waals surface area (Å²) in [6, 6.07) is 0.736. The molecule has 2 fully saturated rings. The first-order valence-corrected chi connectivity index (χ1v) is 7.78. The molecule has 0 heterocycles. The third-order valence-corrected chi connectivity index (χ3v) is 5.05. The van der Waals surface area contributed by atoms with Crippen LogP contribution in [0.2, 0.25) is 0 Å². The summed E-state index contributed by atoms with van der Waals surface area (Å²) in [4.78, 5) is 0. The van der Waals surface area contributed by atoms with E-state index >= 15 is 0 Å². The van der Waals surface area contributed by atoms with Crippen LogP contribution in [0.1, 0.15) is 70.6 Å². The minimum Gasteiger partial charge on any atom is -0.327 e. The molecule has 2 nitrogen and oxygen atoms in total. The SMILES string of the molecule is N[C@H](C[C@@H](N)C1CCCCC1)C1CCCCC1. The van der Waals surface area contributed by atoms with E-state index in [1.54, 1.807) is 0 Å². The van der Waals surface area contributed by atoms with Crippen molar-refractivity contribution in [3.05, 3.63) is 0 Å². The van der Waals surface area contributed by atoms with E-state index in [4.69, 9.17) is 11.5 Å². The lowest BCUT2D eigenvalue weighted by Crippen LogP contribution is -2.41. The summed E-state index contributed by atoms with van der Waals surface area (Å²) in [7, 11) is 0. The van der Waals surface area contributed by atoms with Crippen molar-refractivity contribution in [2.75, 3.05) is 0 Å². The van der Waals surface area contributed by atoms with E-state index < -0.39 is 0 Å². The van der Waals surface area contributed by atoms with Crippen LogP contribution in [0.4, 0.5) is 0 Å². The molecule has 0 amide bonds. The van der Waals surface area contributed by atoms with Crippen LogP contribution in [0.3, 0.4) is 0 Å². The van der Waals surface area contributed by atoms with Crippen molar-refractivity contribution in [3.8, 4) is 0 Å².